The summed E-state index contributed by atoms with van der Waals surface area (Å²) in [6, 6.07) is 3.27. The SMILES string of the molecule is COc1cc(Cl)c(Cl)cc1CNC(=O)C1CCN(C(=O)O)CC1. The van der Waals surface area contributed by atoms with E-state index in [-0.39, 0.29) is 18.4 Å². The monoisotopic (exact) mass is 360 g/mol. The van der Waals surface area contributed by atoms with Gasteiger partial charge in [0.15, 0.2) is 0 Å². The third-order valence-electron chi connectivity index (χ3n) is 3.91. The second kappa shape index (κ2) is 7.75. The number of hydrogen-bond donors (Lipinski definition) is 2. The number of carboxylic acid groups (broad SMARTS) is 1. The van der Waals surface area contributed by atoms with Crippen molar-refractivity contribution >= 4 is 35.2 Å². The van der Waals surface area contributed by atoms with Gasteiger partial charge in [0.1, 0.15) is 5.75 Å². The van der Waals surface area contributed by atoms with Crippen LogP contribution in [0.3, 0.4) is 0 Å². The summed E-state index contributed by atoms with van der Waals surface area (Å²) in [6.45, 7) is 1.03. The third-order valence-corrected chi connectivity index (χ3v) is 4.63. The van der Waals surface area contributed by atoms with E-state index in [0.29, 0.717) is 41.7 Å². The highest BCUT2D eigenvalue weighted by Crippen LogP contribution is 2.30. The van der Waals surface area contributed by atoms with Gasteiger partial charge in [0, 0.05) is 37.2 Å². The van der Waals surface area contributed by atoms with Gasteiger partial charge in [0.2, 0.25) is 5.91 Å². The smallest absolute Gasteiger partial charge is 0.407 e. The van der Waals surface area contributed by atoms with Gasteiger partial charge in [-0.2, -0.15) is 0 Å². The minimum absolute atomic E-state index is 0.0943. The Bertz CT molecular complexity index is 601. The van der Waals surface area contributed by atoms with Gasteiger partial charge in [-0.05, 0) is 18.9 Å². The molecule has 0 radical (unpaired) electrons. The number of carbonyl (C=O) groups is 2. The van der Waals surface area contributed by atoms with E-state index in [2.05, 4.69) is 5.32 Å². The summed E-state index contributed by atoms with van der Waals surface area (Å²) < 4.78 is 5.23. The molecule has 2 amide bonds. The van der Waals surface area contributed by atoms with E-state index < -0.39 is 6.09 Å². The highest BCUT2D eigenvalue weighted by Gasteiger charge is 2.27. The molecule has 1 aromatic carbocycles. The molecule has 0 aliphatic carbocycles. The number of rotatable bonds is 4. The van der Waals surface area contributed by atoms with Crippen LogP contribution >= 0.6 is 23.2 Å². The fraction of sp³-hybridized carbons (Fsp3) is 0.467. The van der Waals surface area contributed by atoms with Crippen molar-refractivity contribution in [1.82, 2.24) is 10.2 Å². The van der Waals surface area contributed by atoms with Crippen molar-refractivity contribution in [2.24, 2.45) is 5.92 Å². The lowest BCUT2D eigenvalue weighted by molar-refractivity contribution is -0.126. The standard InChI is InChI=1S/C15H18Cl2N2O4/c1-23-13-7-12(17)11(16)6-10(13)8-18-14(20)9-2-4-19(5-3-9)15(21)22/h6-7,9H,2-5,8H2,1H3,(H,18,20)(H,21,22). The number of carbonyl (C=O) groups excluding carboxylic acids is 1. The molecule has 1 fully saturated rings. The van der Waals surface area contributed by atoms with Crippen LogP contribution < -0.4 is 10.1 Å². The number of nitrogens with zero attached hydrogens (tertiary/aromatic N) is 1. The van der Waals surface area contributed by atoms with Crippen molar-refractivity contribution in [3.63, 3.8) is 0 Å². The summed E-state index contributed by atoms with van der Waals surface area (Å²) in [5, 5.41) is 12.5. The van der Waals surface area contributed by atoms with Crippen LogP contribution in [0.5, 0.6) is 5.75 Å². The molecular weight excluding hydrogens is 343 g/mol. The number of amides is 2. The fourth-order valence-corrected chi connectivity index (χ4v) is 2.90. The Hall–Kier alpha value is -1.66. The molecule has 2 rings (SSSR count). The zero-order valence-electron chi connectivity index (χ0n) is 12.6. The highest BCUT2D eigenvalue weighted by molar-refractivity contribution is 6.42. The van der Waals surface area contributed by atoms with Gasteiger partial charge in [-0.1, -0.05) is 23.2 Å². The van der Waals surface area contributed by atoms with E-state index in [9.17, 15) is 9.59 Å². The molecule has 0 spiro atoms. The first-order valence-electron chi connectivity index (χ1n) is 7.20. The lowest BCUT2D eigenvalue weighted by atomic mass is 9.96. The van der Waals surface area contributed by atoms with Crippen LogP contribution in [0.4, 0.5) is 4.79 Å². The zero-order chi connectivity index (χ0) is 17.0. The quantitative estimate of drug-likeness (QED) is 0.864. The van der Waals surface area contributed by atoms with Gasteiger partial charge in [0.05, 0.1) is 17.2 Å². The summed E-state index contributed by atoms with van der Waals surface area (Å²) in [6.07, 6.45) is 0.109. The van der Waals surface area contributed by atoms with E-state index in [0.717, 1.165) is 5.56 Å². The summed E-state index contributed by atoms with van der Waals surface area (Å²) in [4.78, 5) is 24.4. The molecular formula is C15H18Cl2N2O4. The van der Waals surface area contributed by atoms with Gasteiger partial charge in [-0.3, -0.25) is 4.79 Å². The minimum Gasteiger partial charge on any atom is -0.496 e. The molecule has 0 bridgehead atoms. The Morgan fingerprint density at radius 2 is 1.91 bits per heavy atom. The predicted molar refractivity (Wildman–Crippen MR) is 87.2 cm³/mol. The first-order valence-corrected chi connectivity index (χ1v) is 7.95. The van der Waals surface area contributed by atoms with Gasteiger partial charge < -0.3 is 20.1 Å². The number of benzene rings is 1. The first kappa shape index (κ1) is 17.7. The Morgan fingerprint density at radius 1 is 1.30 bits per heavy atom. The number of piperidine rings is 1. The van der Waals surface area contributed by atoms with Crippen molar-refractivity contribution in [3.05, 3.63) is 27.7 Å². The van der Waals surface area contributed by atoms with E-state index in [1.807, 2.05) is 0 Å². The van der Waals surface area contributed by atoms with Crippen LogP contribution in [0.2, 0.25) is 10.0 Å². The van der Waals surface area contributed by atoms with Crippen molar-refractivity contribution in [2.75, 3.05) is 20.2 Å². The molecule has 6 nitrogen and oxygen atoms in total. The second-order valence-electron chi connectivity index (χ2n) is 5.34. The lowest BCUT2D eigenvalue weighted by Gasteiger charge is -2.29. The Balaban J connectivity index is 1.92. The third kappa shape index (κ3) is 4.42. The highest BCUT2D eigenvalue weighted by atomic mass is 35.5. The molecule has 1 aliphatic rings. The van der Waals surface area contributed by atoms with Gasteiger partial charge in [-0.15, -0.1) is 0 Å². The molecule has 1 saturated heterocycles. The Labute approximate surface area is 144 Å². The molecule has 23 heavy (non-hydrogen) atoms. The molecule has 2 N–H and O–H groups in total. The average molecular weight is 361 g/mol. The number of methoxy groups -OCH3 is 1. The normalized spacial score (nSPS) is 15.3. The van der Waals surface area contributed by atoms with Crippen LogP contribution in [0.25, 0.3) is 0 Å². The van der Waals surface area contributed by atoms with Crippen LogP contribution in [-0.4, -0.2) is 42.2 Å². The molecule has 1 aliphatic heterocycles. The molecule has 0 atom stereocenters. The number of likely N-dealkylation sites (tertiary alicyclic amines) is 1. The van der Waals surface area contributed by atoms with Crippen molar-refractivity contribution < 1.29 is 19.4 Å². The maximum Gasteiger partial charge on any atom is 0.407 e. The Morgan fingerprint density at radius 3 is 2.48 bits per heavy atom. The number of ether oxygens (including phenoxy) is 1. The fourth-order valence-electron chi connectivity index (χ4n) is 2.56. The van der Waals surface area contributed by atoms with Gasteiger partial charge in [-0.25, -0.2) is 4.79 Å². The predicted octanol–water partition coefficient (Wildman–Crippen LogP) is 3.01. The maximum absolute atomic E-state index is 12.2. The first-order chi connectivity index (χ1) is 10.9. The number of halogens is 2. The maximum atomic E-state index is 12.2. The van der Waals surface area contributed by atoms with Crippen molar-refractivity contribution in [1.29, 1.82) is 0 Å². The Kier molecular flexibility index (Phi) is 5.96. The van der Waals surface area contributed by atoms with E-state index >= 15 is 0 Å². The van der Waals surface area contributed by atoms with Crippen molar-refractivity contribution in [3.8, 4) is 5.75 Å². The second-order valence-corrected chi connectivity index (χ2v) is 6.15. The molecule has 0 saturated carbocycles. The van der Waals surface area contributed by atoms with Crippen molar-refractivity contribution in [2.45, 2.75) is 19.4 Å². The van der Waals surface area contributed by atoms with Crippen LogP contribution in [0, 0.1) is 5.92 Å². The zero-order valence-corrected chi connectivity index (χ0v) is 14.2. The molecule has 126 valence electrons. The summed E-state index contributed by atoms with van der Waals surface area (Å²) >= 11 is 11.9. The topological polar surface area (TPSA) is 78.9 Å². The van der Waals surface area contributed by atoms with E-state index in [1.165, 1.54) is 12.0 Å². The average Bonchev–Trinajstić information content (AvgIpc) is 2.55. The minimum atomic E-state index is -0.940. The number of hydrogen-bond acceptors (Lipinski definition) is 3. The van der Waals surface area contributed by atoms with E-state index in [4.69, 9.17) is 33.0 Å². The summed E-state index contributed by atoms with van der Waals surface area (Å²) in [7, 11) is 1.52. The molecule has 1 aromatic rings. The van der Waals surface area contributed by atoms with Crippen LogP contribution in [-0.2, 0) is 11.3 Å². The van der Waals surface area contributed by atoms with E-state index in [1.54, 1.807) is 12.1 Å². The summed E-state index contributed by atoms with van der Waals surface area (Å²) in [5.41, 5.74) is 0.734. The largest absolute Gasteiger partial charge is 0.496 e. The molecule has 8 heteroatoms. The van der Waals surface area contributed by atoms with Crippen LogP contribution in [0.15, 0.2) is 12.1 Å². The van der Waals surface area contributed by atoms with Gasteiger partial charge in [0.25, 0.3) is 0 Å². The van der Waals surface area contributed by atoms with Crippen LogP contribution in [0.1, 0.15) is 18.4 Å². The molecule has 0 aromatic heterocycles. The molecule has 1 heterocycles. The summed E-state index contributed by atoms with van der Waals surface area (Å²) in [5.74, 6) is 0.280. The lowest BCUT2D eigenvalue weighted by Crippen LogP contribution is -2.42. The molecule has 0 unspecified atom stereocenters. The van der Waals surface area contributed by atoms with Gasteiger partial charge >= 0.3 is 6.09 Å². The number of nitrogens with one attached hydrogen (secondary N) is 1.